The fourth-order valence-electron chi connectivity index (χ4n) is 3.84. The number of benzene rings is 1. The first-order chi connectivity index (χ1) is 13.7. The summed E-state index contributed by atoms with van der Waals surface area (Å²) >= 11 is 0. The molecule has 1 fully saturated rings. The maximum absolute atomic E-state index is 10.4. The summed E-state index contributed by atoms with van der Waals surface area (Å²) in [5.41, 5.74) is 1.86. The van der Waals surface area contributed by atoms with E-state index in [4.69, 9.17) is 4.74 Å². The van der Waals surface area contributed by atoms with Crippen LogP contribution >= 0.6 is 0 Å². The number of rotatable bonds is 7. The van der Waals surface area contributed by atoms with E-state index >= 15 is 0 Å². The van der Waals surface area contributed by atoms with Crippen LogP contribution in [0.15, 0.2) is 55.4 Å². The van der Waals surface area contributed by atoms with E-state index in [1.165, 1.54) is 0 Å². The molecule has 0 bridgehead atoms. The average molecular weight is 379 g/mol. The number of aliphatic hydroxyl groups excluding tert-OH is 1. The minimum absolute atomic E-state index is 0.0856. The van der Waals surface area contributed by atoms with E-state index in [1.54, 1.807) is 13.3 Å². The molecule has 2 heterocycles. The lowest BCUT2D eigenvalue weighted by atomic mass is 10.1. The highest BCUT2D eigenvalue weighted by Crippen LogP contribution is 2.28. The van der Waals surface area contributed by atoms with Crippen LogP contribution in [0, 0.1) is 5.92 Å². The first-order valence-corrected chi connectivity index (χ1v) is 9.54. The second kappa shape index (κ2) is 8.50. The number of imidazole rings is 1. The van der Waals surface area contributed by atoms with E-state index in [2.05, 4.69) is 24.8 Å². The van der Waals surface area contributed by atoms with E-state index in [1.807, 2.05) is 49.2 Å². The molecule has 0 aliphatic heterocycles. The molecule has 2 N–H and O–H groups in total. The van der Waals surface area contributed by atoms with Crippen LogP contribution in [0.25, 0.3) is 11.4 Å². The third-order valence-corrected chi connectivity index (χ3v) is 5.28. The van der Waals surface area contributed by atoms with Crippen molar-refractivity contribution < 1.29 is 9.84 Å². The number of aromatic nitrogens is 4. The van der Waals surface area contributed by atoms with Gasteiger partial charge in [0, 0.05) is 49.5 Å². The molecule has 1 aliphatic rings. The molecule has 1 unspecified atom stereocenters. The van der Waals surface area contributed by atoms with Gasteiger partial charge in [0.05, 0.1) is 25.1 Å². The monoisotopic (exact) mass is 379 g/mol. The zero-order chi connectivity index (χ0) is 19.3. The van der Waals surface area contributed by atoms with E-state index < -0.39 is 0 Å². The summed E-state index contributed by atoms with van der Waals surface area (Å²) in [7, 11) is 1.64. The number of ether oxygens (including phenoxy) is 1. The van der Waals surface area contributed by atoms with E-state index in [0.717, 1.165) is 36.3 Å². The summed E-state index contributed by atoms with van der Waals surface area (Å²) in [5, 5.41) is 13.8. The molecule has 3 aromatic rings. The lowest BCUT2D eigenvalue weighted by Gasteiger charge is -2.16. The minimum Gasteiger partial charge on any atom is -0.496 e. The van der Waals surface area contributed by atoms with Gasteiger partial charge >= 0.3 is 0 Å². The molecule has 7 nitrogen and oxygen atoms in total. The lowest BCUT2D eigenvalue weighted by Crippen LogP contribution is -2.35. The molecule has 0 saturated heterocycles. The van der Waals surface area contributed by atoms with Gasteiger partial charge in [-0.25, -0.2) is 15.0 Å². The van der Waals surface area contributed by atoms with Crippen LogP contribution in [0.5, 0.6) is 5.75 Å². The van der Waals surface area contributed by atoms with Gasteiger partial charge in [0.2, 0.25) is 0 Å². The van der Waals surface area contributed by atoms with Crippen molar-refractivity contribution in [3.8, 4) is 17.1 Å². The summed E-state index contributed by atoms with van der Waals surface area (Å²) < 4.78 is 7.45. The number of para-hydroxylation sites is 1. The van der Waals surface area contributed by atoms with Gasteiger partial charge in [-0.2, -0.15) is 0 Å². The lowest BCUT2D eigenvalue weighted by molar-refractivity contribution is 0.145. The fraction of sp³-hybridized carbons (Fsp3) is 0.381. The fourth-order valence-corrected chi connectivity index (χ4v) is 3.84. The third kappa shape index (κ3) is 4.21. The Bertz CT molecular complexity index is 882. The Balaban J connectivity index is 1.34. The van der Waals surface area contributed by atoms with Crippen molar-refractivity contribution in [3.05, 3.63) is 60.9 Å². The number of aliphatic hydroxyl groups is 1. The van der Waals surface area contributed by atoms with Gasteiger partial charge in [0.25, 0.3) is 0 Å². The molecule has 0 amide bonds. The zero-order valence-electron chi connectivity index (χ0n) is 15.9. The molecule has 7 heteroatoms. The molecule has 0 radical (unpaired) electrons. The molecular weight excluding hydrogens is 354 g/mol. The largest absolute Gasteiger partial charge is 0.496 e. The second-order valence-corrected chi connectivity index (χ2v) is 7.27. The maximum atomic E-state index is 10.4. The van der Waals surface area contributed by atoms with Gasteiger partial charge in [-0.1, -0.05) is 12.1 Å². The number of hydrogen-bond acceptors (Lipinski definition) is 6. The van der Waals surface area contributed by atoms with Crippen molar-refractivity contribution in [3.63, 3.8) is 0 Å². The molecule has 3 atom stereocenters. The first-order valence-electron chi connectivity index (χ1n) is 9.54. The Morgan fingerprint density at radius 3 is 2.79 bits per heavy atom. The number of hydrogen-bond donors (Lipinski definition) is 2. The second-order valence-electron chi connectivity index (χ2n) is 7.27. The van der Waals surface area contributed by atoms with Gasteiger partial charge in [0.15, 0.2) is 5.82 Å². The molecule has 28 heavy (non-hydrogen) atoms. The Kier molecular flexibility index (Phi) is 5.64. The van der Waals surface area contributed by atoms with Crippen LogP contribution in [0.2, 0.25) is 0 Å². The Morgan fingerprint density at radius 1 is 1.21 bits per heavy atom. The van der Waals surface area contributed by atoms with Gasteiger partial charge < -0.3 is 19.7 Å². The van der Waals surface area contributed by atoms with Crippen LogP contribution in [-0.4, -0.2) is 43.9 Å². The standard InChI is InChI=1S/C21H25N5O2/c1-28-20-5-3-2-4-17(20)21-24-11-16(12-25-21)10-23-18-8-15(9-19(18)27)13-26-7-6-22-14-26/h2-7,11-12,14-15,18-19,23,27H,8-10,13H2,1H3/t15?,18-,19-/m1/s1. The van der Waals surface area contributed by atoms with Crippen LogP contribution < -0.4 is 10.1 Å². The first kappa shape index (κ1) is 18.6. The highest BCUT2D eigenvalue weighted by molar-refractivity contribution is 5.63. The van der Waals surface area contributed by atoms with Crippen molar-refractivity contribution >= 4 is 0 Å². The van der Waals surface area contributed by atoms with Crippen molar-refractivity contribution in [2.75, 3.05) is 7.11 Å². The minimum atomic E-state index is -0.331. The van der Waals surface area contributed by atoms with E-state index in [0.29, 0.717) is 18.3 Å². The third-order valence-electron chi connectivity index (χ3n) is 5.28. The number of methoxy groups -OCH3 is 1. The van der Waals surface area contributed by atoms with Gasteiger partial charge in [0.1, 0.15) is 5.75 Å². The SMILES string of the molecule is COc1ccccc1-c1ncc(CN[C@@H]2CC(Cn3ccnc3)C[C@H]2O)cn1. The highest BCUT2D eigenvalue weighted by Gasteiger charge is 2.32. The molecule has 0 spiro atoms. The predicted molar refractivity (Wildman–Crippen MR) is 106 cm³/mol. The van der Waals surface area contributed by atoms with Crippen LogP contribution in [0.1, 0.15) is 18.4 Å². The predicted octanol–water partition coefficient (Wildman–Crippen LogP) is 2.28. The van der Waals surface area contributed by atoms with Gasteiger partial charge in [-0.05, 0) is 30.9 Å². The molecular formula is C21H25N5O2. The van der Waals surface area contributed by atoms with E-state index in [-0.39, 0.29) is 12.1 Å². The molecule has 146 valence electrons. The maximum Gasteiger partial charge on any atom is 0.162 e. The average Bonchev–Trinajstić information content (AvgIpc) is 3.36. The van der Waals surface area contributed by atoms with Gasteiger partial charge in [-0.3, -0.25) is 0 Å². The van der Waals surface area contributed by atoms with Gasteiger partial charge in [-0.15, -0.1) is 0 Å². The van der Waals surface area contributed by atoms with Crippen molar-refractivity contribution in [1.82, 2.24) is 24.8 Å². The summed E-state index contributed by atoms with van der Waals surface area (Å²) in [4.78, 5) is 13.0. The van der Waals surface area contributed by atoms with Crippen molar-refractivity contribution in [2.45, 2.75) is 38.1 Å². The van der Waals surface area contributed by atoms with Crippen LogP contribution in [0.3, 0.4) is 0 Å². The van der Waals surface area contributed by atoms with Crippen molar-refractivity contribution in [2.24, 2.45) is 5.92 Å². The van der Waals surface area contributed by atoms with E-state index in [9.17, 15) is 5.11 Å². The molecule has 1 aliphatic carbocycles. The summed E-state index contributed by atoms with van der Waals surface area (Å²) in [5.74, 6) is 1.85. The molecule has 4 rings (SSSR count). The summed E-state index contributed by atoms with van der Waals surface area (Å²) in [6.07, 6.45) is 10.6. The normalized spacial score (nSPS) is 21.7. The van der Waals surface area contributed by atoms with Crippen LogP contribution in [-0.2, 0) is 13.1 Å². The molecule has 1 aromatic carbocycles. The highest BCUT2D eigenvalue weighted by atomic mass is 16.5. The number of nitrogens with one attached hydrogen (secondary N) is 1. The number of nitrogens with zero attached hydrogens (tertiary/aromatic N) is 4. The van der Waals surface area contributed by atoms with Crippen LogP contribution in [0.4, 0.5) is 0 Å². The quantitative estimate of drug-likeness (QED) is 0.655. The Hall–Kier alpha value is -2.77. The topological polar surface area (TPSA) is 85.1 Å². The Labute approximate surface area is 164 Å². The zero-order valence-corrected chi connectivity index (χ0v) is 15.9. The molecule has 1 saturated carbocycles. The molecule has 2 aromatic heterocycles. The van der Waals surface area contributed by atoms with Crippen molar-refractivity contribution in [1.29, 1.82) is 0 Å². The Morgan fingerprint density at radius 2 is 2.04 bits per heavy atom. The summed E-state index contributed by atoms with van der Waals surface area (Å²) in [6.45, 7) is 1.53. The summed E-state index contributed by atoms with van der Waals surface area (Å²) in [6, 6.07) is 7.80. The smallest absolute Gasteiger partial charge is 0.162 e.